The number of nitro benzene ring substituents is 1. The van der Waals surface area contributed by atoms with Crippen molar-refractivity contribution in [1.82, 2.24) is 4.90 Å². The number of carbonyl (C=O) groups excluding carboxylic acids is 1. The molecular weight excluding hydrogens is 526 g/mol. The van der Waals surface area contributed by atoms with Gasteiger partial charge in [0.05, 0.1) is 22.6 Å². The highest BCUT2D eigenvalue weighted by atomic mass is 32.2. The van der Waals surface area contributed by atoms with Crippen molar-refractivity contribution in [3.05, 3.63) is 98.4 Å². The molecule has 1 aliphatic carbocycles. The normalized spacial score (nSPS) is 17.9. The summed E-state index contributed by atoms with van der Waals surface area (Å²) in [6.07, 6.45) is 7.30. The third-order valence-electron chi connectivity index (χ3n) is 7.06. The molecule has 1 saturated heterocycles. The Hall–Kier alpha value is -4.11. The number of non-ortho nitro benzene ring substituents is 1. The number of carbonyl (C=O) groups is 1. The second-order valence-electron chi connectivity index (χ2n) is 9.93. The average molecular weight is 558 g/mol. The van der Waals surface area contributed by atoms with Crippen LogP contribution in [0, 0.1) is 17.0 Å². The zero-order valence-electron chi connectivity index (χ0n) is 22.5. The first kappa shape index (κ1) is 27.5. The van der Waals surface area contributed by atoms with E-state index in [-0.39, 0.29) is 24.2 Å². The van der Waals surface area contributed by atoms with Crippen molar-refractivity contribution in [3.63, 3.8) is 0 Å². The number of aryl methyl sites for hydroxylation is 1. The van der Waals surface area contributed by atoms with Crippen molar-refractivity contribution >= 4 is 40.3 Å². The number of hydrogen-bond donors (Lipinski definition) is 0. The Balaban J connectivity index is 1.37. The standard InChI is InChI=1S/C31H31N3O5S/c1-21-8-13-24(14-9-21)32-31-33(25-6-4-3-5-7-25)30(35)29(40-31)19-23-12-17-27(28(18-23)38-2)39-20-22-10-15-26(16-11-22)34(36)37/h8-19,25H,3-7,20H2,1-2H3/b29-19+,32-31?. The lowest BCUT2D eigenvalue weighted by Gasteiger charge is -2.30. The fourth-order valence-electron chi connectivity index (χ4n) is 4.88. The maximum atomic E-state index is 13.7. The molecule has 0 atom stereocenters. The van der Waals surface area contributed by atoms with Crippen LogP contribution in [0.1, 0.15) is 48.8 Å². The number of aliphatic imine (C=N–C) groups is 1. The molecule has 3 aromatic rings. The first-order chi connectivity index (χ1) is 19.4. The Bertz CT molecular complexity index is 1440. The Kier molecular flexibility index (Phi) is 8.50. The van der Waals surface area contributed by atoms with Crippen LogP contribution in [0.3, 0.4) is 0 Å². The van der Waals surface area contributed by atoms with Crippen LogP contribution in [0.5, 0.6) is 11.5 Å². The van der Waals surface area contributed by atoms with E-state index in [1.807, 2.05) is 54.3 Å². The fourth-order valence-corrected chi connectivity index (χ4v) is 5.93. The van der Waals surface area contributed by atoms with Crippen LogP contribution < -0.4 is 9.47 Å². The summed E-state index contributed by atoms with van der Waals surface area (Å²) in [5, 5.41) is 11.6. The molecule has 0 N–H and O–H groups in total. The zero-order chi connectivity index (χ0) is 28.1. The summed E-state index contributed by atoms with van der Waals surface area (Å²) in [5.74, 6) is 1.06. The molecule has 8 nitrogen and oxygen atoms in total. The highest BCUT2D eigenvalue weighted by Crippen LogP contribution is 2.39. The average Bonchev–Trinajstić information content (AvgIpc) is 3.27. The van der Waals surface area contributed by atoms with Crippen molar-refractivity contribution in [1.29, 1.82) is 0 Å². The van der Waals surface area contributed by atoms with Gasteiger partial charge >= 0.3 is 0 Å². The minimum absolute atomic E-state index is 0.0137. The predicted molar refractivity (Wildman–Crippen MR) is 158 cm³/mol. The smallest absolute Gasteiger partial charge is 0.269 e. The molecule has 1 saturated carbocycles. The summed E-state index contributed by atoms with van der Waals surface area (Å²) < 4.78 is 11.5. The molecule has 9 heteroatoms. The Morgan fingerprint density at radius 3 is 2.42 bits per heavy atom. The van der Waals surface area contributed by atoms with Gasteiger partial charge in [-0.1, -0.05) is 43.0 Å². The molecule has 0 bridgehead atoms. The molecule has 3 aromatic carbocycles. The van der Waals surface area contributed by atoms with Crippen molar-refractivity contribution in [2.24, 2.45) is 4.99 Å². The van der Waals surface area contributed by atoms with Gasteiger partial charge in [0.25, 0.3) is 11.6 Å². The van der Waals surface area contributed by atoms with E-state index in [1.165, 1.54) is 30.3 Å². The number of rotatable bonds is 8. The van der Waals surface area contributed by atoms with Crippen LogP contribution in [-0.2, 0) is 11.4 Å². The van der Waals surface area contributed by atoms with E-state index in [9.17, 15) is 14.9 Å². The second-order valence-corrected chi connectivity index (χ2v) is 10.9. The second kappa shape index (κ2) is 12.4. The number of ether oxygens (including phenoxy) is 2. The zero-order valence-corrected chi connectivity index (χ0v) is 23.4. The number of amides is 1. The molecule has 1 heterocycles. The molecule has 0 radical (unpaired) electrons. The van der Waals surface area contributed by atoms with Crippen molar-refractivity contribution < 1.29 is 19.2 Å². The van der Waals surface area contributed by atoms with E-state index in [0.717, 1.165) is 53.2 Å². The van der Waals surface area contributed by atoms with Crippen molar-refractivity contribution in [2.45, 2.75) is 51.7 Å². The van der Waals surface area contributed by atoms with Crippen LogP contribution in [-0.4, -0.2) is 34.0 Å². The highest BCUT2D eigenvalue weighted by Gasteiger charge is 2.38. The van der Waals surface area contributed by atoms with Gasteiger partial charge in [-0.25, -0.2) is 4.99 Å². The van der Waals surface area contributed by atoms with E-state index in [2.05, 4.69) is 0 Å². The summed E-state index contributed by atoms with van der Waals surface area (Å²) in [5.41, 5.74) is 3.65. The summed E-state index contributed by atoms with van der Waals surface area (Å²) in [4.78, 5) is 31.5. The number of methoxy groups -OCH3 is 1. The Morgan fingerprint density at radius 2 is 1.75 bits per heavy atom. The molecule has 40 heavy (non-hydrogen) atoms. The van der Waals surface area contributed by atoms with E-state index < -0.39 is 4.92 Å². The number of hydrogen-bond acceptors (Lipinski definition) is 7. The van der Waals surface area contributed by atoms with Gasteiger partial charge in [0, 0.05) is 18.2 Å². The predicted octanol–water partition coefficient (Wildman–Crippen LogP) is 7.43. The molecule has 1 amide bonds. The Morgan fingerprint density at radius 1 is 1.02 bits per heavy atom. The lowest BCUT2D eigenvalue weighted by molar-refractivity contribution is -0.384. The maximum absolute atomic E-state index is 13.7. The third kappa shape index (κ3) is 6.37. The Labute approximate surface area is 237 Å². The molecule has 2 fully saturated rings. The van der Waals surface area contributed by atoms with Crippen LogP contribution in [0.25, 0.3) is 6.08 Å². The van der Waals surface area contributed by atoms with Gasteiger partial charge in [-0.15, -0.1) is 0 Å². The van der Waals surface area contributed by atoms with E-state index >= 15 is 0 Å². The lowest BCUT2D eigenvalue weighted by atomic mass is 9.94. The van der Waals surface area contributed by atoms with Crippen LogP contribution in [0.4, 0.5) is 11.4 Å². The number of benzene rings is 3. The summed E-state index contributed by atoms with van der Waals surface area (Å²) in [7, 11) is 1.57. The molecule has 5 rings (SSSR count). The lowest BCUT2D eigenvalue weighted by Crippen LogP contribution is -2.40. The van der Waals surface area contributed by atoms with Gasteiger partial charge in [0.1, 0.15) is 6.61 Å². The molecule has 0 unspecified atom stereocenters. The quantitative estimate of drug-likeness (QED) is 0.162. The third-order valence-corrected chi connectivity index (χ3v) is 8.05. The molecule has 0 aromatic heterocycles. The topological polar surface area (TPSA) is 94.3 Å². The van der Waals surface area contributed by atoms with Gasteiger partial charge in [-0.2, -0.15) is 0 Å². The number of thioether (sulfide) groups is 1. The van der Waals surface area contributed by atoms with Crippen LogP contribution in [0.2, 0.25) is 0 Å². The van der Waals surface area contributed by atoms with Crippen molar-refractivity contribution in [3.8, 4) is 11.5 Å². The van der Waals surface area contributed by atoms with E-state index in [1.54, 1.807) is 25.3 Å². The molecule has 2 aliphatic rings. The van der Waals surface area contributed by atoms with Gasteiger partial charge in [-0.05, 0) is 85.1 Å². The number of amidine groups is 1. The van der Waals surface area contributed by atoms with Crippen LogP contribution >= 0.6 is 11.8 Å². The van der Waals surface area contributed by atoms with Crippen LogP contribution in [0.15, 0.2) is 76.6 Å². The monoisotopic (exact) mass is 557 g/mol. The molecular formula is C31H31N3O5S. The summed E-state index contributed by atoms with van der Waals surface area (Å²) >= 11 is 1.41. The number of nitro groups is 1. The van der Waals surface area contributed by atoms with Gasteiger partial charge in [0.15, 0.2) is 16.7 Å². The minimum Gasteiger partial charge on any atom is -0.493 e. The van der Waals surface area contributed by atoms with Gasteiger partial charge in [-0.3, -0.25) is 19.8 Å². The first-order valence-corrected chi connectivity index (χ1v) is 14.2. The minimum atomic E-state index is -0.431. The van der Waals surface area contributed by atoms with Gasteiger partial charge < -0.3 is 9.47 Å². The van der Waals surface area contributed by atoms with E-state index in [4.69, 9.17) is 14.5 Å². The fraction of sp³-hybridized carbons (Fsp3) is 0.290. The van der Waals surface area contributed by atoms with E-state index in [0.29, 0.717) is 16.4 Å². The number of nitrogens with zero attached hydrogens (tertiary/aromatic N) is 3. The first-order valence-electron chi connectivity index (χ1n) is 13.3. The summed E-state index contributed by atoms with van der Waals surface area (Å²) in [6.45, 7) is 2.28. The van der Waals surface area contributed by atoms with Crippen molar-refractivity contribution in [2.75, 3.05) is 7.11 Å². The molecule has 0 spiro atoms. The highest BCUT2D eigenvalue weighted by molar-refractivity contribution is 8.18. The SMILES string of the molecule is COc1cc(/C=C2/SC(=Nc3ccc(C)cc3)N(C3CCCCC3)C2=O)ccc1OCc1ccc([N+](=O)[O-])cc1. The molecule has 1 aliphatic heterocycles. The molecule has 206 valence electrons. The maximum Gasteiger partial charge on any atom is 0.269 e. The largest absolute Gasteiger partial charge is 0.493 e. The van der Waals surface area contributed by atoms with Gasteiger partial charge in [0.2, 0.25) is 0 Å². The summed E-state index contributed by atoms with van der Waals surface area (Å²) in [6, 6.07) is 19.9.